The molecule has 0 amide bonds. The van der Waals surface area contributed by atoms with Crippen LogP contribution in [0.3, 0.4) is 0 Å². The lowest BCUT2D eigenvalue weighted by Gasteiger charge is -2.28. The number of hydrogen-bond acceptors (Lipinski definition) is 3. The van der Waals surface area contributed by atoms with Gasteiger partial charge in [0.2, 0.25) is 0 Å². The largest absolute Gasteiger partial charge is 0.271 e. The van der Waals surface area contributed by atoms with Crippen molar-refractivity contribution in [2.75, 3.05) is 0 Å². The molecule has 1 heterocycles. The fourth-order valence-electron chi connectivity index (χ4n) is 3.61. The number of hydrazine groups is 1. The molecule has 0 aliphatic heterocycles. The molecule has 0 bridgehead atoms. The molecule has 1 atom stereocenters. The number of fused-ring (bicyclic) bond motifs is 1. The van der Waals surface area contributed by atoms with E-state index in [4.69, 9.17) is 5.84 Å². The Bertz CT molecular complexity index is 573. The Kier molecular flexibility index (Phi) is 4.84. The van der Waals surface area contributed by atoms with Gasteiger partial charge in [0.05, 0.1) is 5.52 Å². The fraction of sp³-hybridized carbons (Fsp3) is 0.500. The number of nitrogens with two attached hydrogens (primary N) is 1. The van der Waals surface area contributed by atoms with Gasteiger partial charge in [0, 0.05) is 17.6 Å². The van der Waals surface area contributed by atoms with Crippen LogP contribution < -0.4 is 11.3 Å². The van der Waals surface area contributed by atoms with Gasteiger partial charge in [-0.25, -0.2) is 0 Å². The summed E-state index contributed by atoms with van der Waals surface area (Å²) in [6.45, 7) is 0. The molecule has 1 aromatic carbocycles. The maximum atomic E-state index is 5.90. The molecule has 3 heteroatoms. The van der Waals surface area contributed by atoms with E-state index < -0.39 is 0 Å². The van der Waals surface area contributed by atoms with Crippen LogP contribution in [0.15, 0.2) is 36.5 Å². The molecule has 1 aliphatic carbocycles. The van der Waals surface area contributed by atoms with E-state index in [-0.39, 0.29) is 6.04 Å². The van der Waals surface area contributed by atoms with Crippen molar-refractivity contribution in [1.29, 1.82) is 0 Å². The van der Waals surface area contributed by atoms with Gasteiger partial charge in [-0.15, -0.1) is 0 Å². The van der Waals surface area contributed by atoms with E-state index in [1.807, 2.05) is 12.3 Å². The molecular weight excluding hydrogens is 258 g/mol. The van der Waals surface area contributed by atoms with Crippen LogP contribution in [0, 0.1) is 5.92 Å². The van der Waals surface area contributed by atoms with Gasteiger partial charge in [-0.2, -0.15) is 0 Å². The van der Waals surface area contributed by atoms with Crippen molar-refractivity contribution in [3.05, 3.63) is 42.1 Å². The first-order chi connectivity index (χ1) is 10.4. The minimum Gasteiger partial charge on any atom is -0.271 e. The third-order valence-electron chi connectivity index (χ3n) is 4.79. The van der Waals surface area contributed by atoms with E-state index in [1.54, 1.807) is 0 Å². The number of rotatable bonds is 3. The number of hydrogen-bond donors (Lipinski definition) is 2. The summed E-state index contributed by atoms with van der Waals surface area (Å²) in [6, 6.07) is 10.9. The summed E-state index contributed by atoms with van der Waals surface area (Å²) in [5, 5.41) is 1.20. The third-order valence-corrected chi connectivity index (χ3v) is 4.79. The zero-order chi connectivity index (χ0) is 14.5. The van der Waals surface area contributed by atoms with E-state index >= 15 is 0 Å². The summed E-state index contributed by atoms with van der Waals surface area (Å²) in [5.74, 6) is 6.55. The minimum absolute atomic E-state index is 0.257. The molecule has 21 heavy (non-hydrogen) atoms. The SMILES string of the molecule is NNC(c1ccc2ncccc2c1)C1CCCCCCC1. The van der Waals surface area contributed by atoms with Gasteiger partial charge < -0.3 is 0 Å². The Morgan fingerprint density at radius 3 is 2.57 bits per heavy atom. The van der Waals surface area contributed by atoms with Crippen molar-refractivity contribution in [2.45, 2.75) is 51.0 Å². The number of aromatic nitrogens is 1. The van der Waals surface area contributed by atoms with Gasteiger partial charge in [0.25, 0.3) is 0 Å². The molecule has 1 saturated carbocycles. The maximum Gasteiger partial charge on any atom is 0.0702 e. The molecule has 0 radical (unpaired) electrons. The minimum atomic E-state index is 0.257. The summed E-state index contributed by atoms with van der Waals surface area (Å²) in [6.07, 6.45) is 11.2. The second kappa shape index (κ2) is 7.01. The average molecular weight is 283 g/mol. The van der Waals surface area contributed by atoms with Gasteiger partial charge in [-0.3, -0.25) is 16.3 Å². The lowest BCUT2D eigenvalue weighted by Crippen LogP contribution is -2.34. The highest BCUT2D eigenvalue weighted by Crippen LogP contribution is 2.33. The van der Waals surface area contributed by atoms with Gasteiger partial charge >= 0.3 is 0 Å². The molecule has 0 saturated heterocycles. The molecule has 112 valence electrons. The van der Waals surface area contributed by atoms with Crippen molar-refractivity contribution in [3.63, 3.8) is 0 Å². The molecule has 3 N–H and O–H groups in total. The van der Waals surface area contributed by atoms with E-state index in [2.05, 4.69) is 34.7 Å². The number of pyridine rings is 1. The fourth-order valence-corrected chi connectivity index (χ4v) is 3.61. The topological polar surface area (TPSA) is 50.9 Å². The van der Waals surface area contributed by atoms with E-state index in [0.29, 0.717) is 5.92 Å². The predicted octanol–water partition coefficient (Wildman–Crippen LogP) is 4.10. The smallest absolute Gasteiger partial charge is 0.0702 e. The van der Waals surface area contributed by atoms with Crippen LogP contribution in [0.4, 0.5) is 0 Å². The normalized spacial score (nSPS) is 19.1. The molecular formula is C18H25N3. The Labute approximate surface area is 126 Å². The Morgan fingerprint density at radius 1 is 1.05 bits per heavy atom. The van der Waals surface area contributed by atoms with E-state index in [0.717, 1.165) is 5.52 Å². The van der Waals surface area contributed by atoms with Gasteiger partial charge in [0.15, 0.2) is 0 Å². The number of nitrogens with one attached hydrogen (secondary N) is 1. The van der Waals surface area contributed by atoms with Crippen molar-refractivity contribution in [1.82, 2.24) is 10.4 Å². The summed E-state index contributed by atoms with van der Waals surface area (Å²) >= 11 is 0. The molecule has 1 fully saturated rings. The van der Waals surface area contributed by atoms with Crippen LogP contribution in [-0.2, 0) is 0 Å². The zero-order valence-electron chi connectivity index (χ0n) is 12.6. The number of benzene rings is 1. The zero-order valence-corrected chi connectivity index (χ0v) is 12.6. The van der Waals surface area contributed by atoms with Gasteiger partial charge in [-0.1, -0.05) is 44.2 Å². The Morgan fingerprint density at radius 2 is 1.81 bits per heavy atom. The second-order valence-corrected chi connectivity index (χ2v) is 6.21. The molecule has 3 rings (SSSR count). The maximum absolute atomic E-state index is 5.90. The van der Waals surface area contributed by atoms with Gasteiger partial charge in [-0.05, 0) is 42.5 Å². The predicted molar refractivity (Wildman–Crippen MR) is 87.6 cm³/mol. The molecule has 1 aromatic heterocycles. The van der Waals surface area contributed by atoms with E-state index in [9.17, 15) is 0 Å². The van der Waals surface area contributed by atoms with Crippen molar-refractivity contribution >= 4 is 10.9 Å². The lowest BCUT2D eigenvalue weighted by atomic mass is 9.83. The van der Waals surface area contributed by atoms with Crippen LogP contribution in [0.5, 0.6) is 0 Å². The summed E-state index contributed by atoms with van der Waals surface area (Å²) < 4.78 is 0. The van der Waals surface area contributed by atoms with Crippen molar-refractivity contribution in [2.24, 2.45) is 11.8 Å². The van der Waals surface area contributed by atoms with E-state index in [1.165, 1.54) is 55.9 Å². The van der Waals surface area contributed by atoms with Crippen LogP contribution in [0.25, 0.3) is 10.9 Å². The van der Waals surface area contributed by atoms with Crippen molar-refractivity contribution in [3.8, 4) is 0 Å². The van der Waals surface area contributed by atoms with Crippen molar-refractivity contribution < 1.29 is 0 Å². The van der Waals surface area contributed by atoms with Crippen LogP contribution >= 0.6 is 0 Å². The Hall–Kier alpha value is -1.45. The molecule has 1 unspecified atom stereocenters. The highest BCUT2D eigenvalue weighted by Gasteiger charge is 2.22. The number of nitrogens with zero attached hydrogens (tertiary/aromatic N) is 1. The molecule has 3 nitrogen and oxygen atoms in total. The standard InChI is InChI=1S/C18H25N3/c19-21-18(14-7-4-2-1-3-5-8-14)16-10-11-17-15(13-16)9-6-12-20-17/h6,9-14,18,21H,1-5,7-8,19H2. The average Bonchev–Trinajstić information content (AvgIpc) is 2.49. The highest BCUT2D eigenvalue weighted by atomic mass is 15.2. The first-order valence-corrected chi connectivity index (χ1v) is 8.19. The van der Waals surface area contributed by atoms with Crippen LogP contribution in [-0.4, -0.2) is 4.98 Å². The monoisotopic (exact) mass is 283 g/mol. The lowest BCUT2D eigenvalue weighted by molar-refractivity contribution is 0.291. The highest BCUT2D eigenvalue weighted by molar-refractivity contribution is 5.79. The first kappa shape index (κ1) is 14.5. The second-order valence-electron chi connectivity index (χ2n) is 6.21. The molecule has 1 aliphatic rings. The summed E-state index contributed by atoms with van der Waals surface area (Å²) in [7, 11) is 0. The first-order valence-electron chi connectivity index (χ1n) is 8.19. The van der Waals surface area contributed by atoms with Crippen LogP contribution in [0.2, 0.25) is 0 Å². The van der Waals surface area contributed by atoms with Gasteiger partial charge in [0.1, 0.15) is 0 Å². The molecule has 0 spiro atoms. The third kappa shape index (κ3) is 3.42. The summed E-state index contributed by atoms with van der Waals surface area (Å²) in [5.41, 5.74) is 5.43. The quantitative estimate of drug-likeness (QED) is 0.658. The molecule has 2 aromatic rings. The Balaban J connectivity index is 1.85. The van der Waals surface area contributed by atoms with Crippen LogP contribution in [0.1, 0.15) is 56.6 Å². The summed E-state index contributed by atoms with van der Waals surface area (Å²) in [4.78, 5) is 4.40.